The molecule has 0 spiro atoms. The Labute approximate surface area is 43.5 Å². The van der Waals surface area contributed by atoms with E-state index in [1.165, 1.54) is 0 Å². The maximum atomic E-state index is 9.81. The van der Waals surface area contributed by atoms with Gasteiger partial charge in [-0.25, -0.2) is 0 Å². The zero-order chi connectivity index (χ0) is 5.70. The molecule has 0 N–H and O–H groups in total. The molecule has 0 bridgehead atoms. The summed E-state index contributed by atoms with van der Waals surface area (Å²) in [5.41, 5.74) is 0. The summed E-state index contributed by atoms with van der Waals surface area (Å²) in [5.74, 6) is 0.0463. The number of methoxy groups -OCH3 is 1. The summed E-state index contributed by atoms with van der Waals surface area (Å²) in [6, 6.07) is 0. The summed E-state index contributed by atoms with van der Waals surface area (Å²) in [4.78, 5) is 9.81. The molecule has 0 fully saturated rings. The first-order valence-corrected chi connectivity index (χ1v) is 2.25. The SMILES string of the molecule is COC[C@H](C)C=O. The number of hydrogen-bond acceptors (Lipinski definition) is 2. The van der Waals surface area contributed by atoms with Crippen LogP contribution < -0.4 is 0 Å². The maximum absolute atomic E-state index is 9.81. The Kier molecular flexibility index (Phi) is 3.61. The molecular formula is C5H10O2. The molecule has 42 valence electrons. The predicted molar refractivity (Wildman–Crippen MR) is 27.1 cm³/mol. The minimum absolute atomic E-state index is 0.0463. The van der Waals surface area contributed by atoms with Crippen LogP contribution >= 0.6 is 0 Å². The van der Waals surface area contributed by atoms with Crippen LogP contribution in [0.4, 0.5) is 0 Å². The van der Waals surface area contributed by atoms with Gasteiger partial charge in [0.15, 0.2) is 0 Å². The molecule has 0 aliphatic heterocycles. The first kappa shape index (κ1) is 6.63. The molecule has 2 heteroatoms. The quantitative estimate of drug-likeness (QED) is 0.484. The molecule has 0 aromatic rings. The molecule has 7 heavy (non-hydrogen) atoms. The van der Waals surface area contributed by atoms with Crippen molar-refractivity contribution >= 4 is 6.29 Å². The number of hydrogen-bond donors (Lipinski definition) is 0. The number of carbonyl (C=O) groups excluding carboxylic acids is 1. The van der Waals surface area contributed by atoms with Crippen LogP contribution in [0.15, 0.2) is 0 Å². The predicted octanol–water partition coefficient (Wildman–Crippen LogP) is 0.468. The van der Waals surface area contributed by atoms with Gasteiger partial charge >= 0.3 is 0 Å². The van der Waals surface area contributed by atoms with E-state index in [0.717, 1.165) is 6.29 Å². The smallest absolute Gasteiger partial charge is 0.125 e. The number of aldehydes is 1. The standard InChI is InChI=1S/C5H10O2/c1-5(3-6)4-7-2/h3,5H,4H2,1-2H3/t5-/m1/s1. The van der Waals surface area contributed by atoms with Gasteiger partial charge in [-0.2, -0.15) is 0 Å². The average Bonchev–Trinajstić information content (AvgIpc) is 1.68. The maximum Gasteiger partial charge on any atom is 0.125 e. The number of carbonyl (C=O) groups is 1. The summed E-state index contributed by atoms with van der Waals surface area (Å²) in [5, 5.41) is 0. The van der Waals surface area contributed by atoms with E-state index < -0.39 is 0 Å². The second kappa shape index (κ2) is 3.81. The molecule has 0 unspecified atom stereocenters. The molecule has 0 amide bonds. The van der Waals surface area contributed by atoms with Crippen molar-refractivity contribution in [2.45, 2.75) is 6.92 Å². The fraction of sp³-hybridized carbons (Fsp3) is 0.800. The zero-order valence-electron chi connectivity index (χ0n) is 4.68. The molecule has 0 rings (SSSR count). The fourth-order valence-electron chi connectivity index (χ4n) is 0.302. The molecule has 0 aromatic carbocycles. The first-order valence-electron chi connectivity index (χ1n) is 2.25. The third-order valence-corrected chi connectivity index (χ3v) is 0.662. The third kappa shape index (κ3) is 3.46. The van der Waals surface area contributed by atoms with Crippen molar-refractivity contribution in [3.05, 3.63) is 0 Å². The Morgan fingerprint density at radius 2 is 2.43 bits per heavy atom. The van der Waals surface area contributed by atoms with Gasteiger partial charge in [0.2, 0.25) is 0 Å². The lowest BCUT2D eigenvalue weighted by atomic mass is 10.2. The van der Waals surface area contributed by atoms with E-state index >= 15 is 0 Å². The lowest BCUT2D eigenvalue weighted by Gasteiger charge is -1.96. The normalized spacial score (nSPS) is 13.4. The monoisotopic (exact) mass is 102 g/mol. The van der Waals surface area contributed by atoms with E-state index in [2.05, 4.69) is 4.74 Å². The molecule has 0 aliphatic rings. The fourth-order valence-corrected chi connectivity index (χ4v) is 0.302. The molecule has 0 heterocycles. The van der Waals surface area contributed by atoms with E-state index in [4.69, 9.17) is 0 Å². The van der Waals surface area contributed by atoms with E-state index in [1.54, 1.807) is 7.11 Å². The van der Waals surface area contributed by atoms with Crippen LogP contribution in [-0.4, -0.2) is 20.0 Å². The lowest BCUT2D eigenvalue weighted by Crippen LogP contribution is -2.03. The molecule has 1 atom stereocenters. The van der Waals surface area contributed by atoms with E-state index in [9.17, 15) is 4.79 Å². The van der Waals surface area contributed by atoms with Crippen molar-refractivity contribution in [3.63, 3.8) is 0 Å². The second-order valence-electron chi connectivity index (χ2n) is 1.57. The third-order valence-electron chi connectivity index (χ3n) is 0.662. The van der Waals surface area contributed by atoms with Crippen molar-refractivity contribution in [2.75, 3.05) is 13.7 Å². The van der Waals surface area contributed by atoms with Crippen LogP contribution in [-0.2, 0) is 9.53 Å². The van der Waals surface area contributed by atoms with Crippen molar-refractivity contribution in [2.24, 2.45) is 5.92 Å². The van der Waals surface area contributed by atoms with Crippen LogP contribution in [0.5, 0.6) is 0 Å². The van der Waals surface area contributed by atoms with Gasteiger partial charge in [-0.15, -0.1) is 0 Å². The molecular weight excluding hydrogens is 92.1 g/mol. The van der Waals surface area contributed by atoms with Crippen LogP contribution in [0.25, 0.3) is 0 Å². The first-order chi connectivity index (χ1) is 3.31. The van der Waals surface area contributed by atoms with E-state index in [0.29, 0.717) is 6.61 Å². The Balaban J connectivity index is 2.98. The lowest BCUT2D eigenvalue weighted by molar-refractivity contribution is -0.111. The highest BCUT2D eigenvalue weighted by Gasteiger charge is 1.93. The van der Waals surface area contributed by atoms with E-state index in [1.807, 2.05) is 6.92 Å². The summed E-state index contributed by atoms with van der Waals surface area (Å²) in [6.07, 6.45) is 0.878. The zero-order valence-corrected chi connectivity index (χ0v) is 4.68. The van der Waals surface area contributed by atoms with Crippen LogP contribution in [0.1, 0.15) is 6.92 Å². The largest absolute Gasteiger partial charge is 0.384 e. The molecule has 0 aromatic heterocycles. The van der Waals surface area contributed by atoms with Crippen LogP contribution in [0, 0.1) is 5.92 Å². The van der Waals surface area contributed by atoms with Crippen molar-refractivity contribution in [1.29, 1.82) is 0 Å². The Hall–Kier alpha value is -0.370. The second-order valence-corrected chi connectivity index (χ2v) is 1.57. The molecule has 0 saturated heterocycles. The highest BCUT2D eigenvalue weighted by atomic mass is 16.5. The van der Waals surface area contributed by atoms with Gasteiger partial charge in [0.1, 0.15) is 6.29 Å². The van der Waals surface area contributed by atoms with Gasteiger partial charge in [-0.05, 0) is 0 Å². The van der Waals surface area contributed by atoms with Gasteiger partial charge in [0.05, 0.1) is 6.61 Å². The number of ether oxygens (including phenoxy) is 1. The summed E-state index contributed by atoms with van der Waals surface area (Å²) in [6.45, 7) is 2.35. The van der Waals surface area contributed by atoms with Gasteiger partial charge in [0.25, 0.3) is 0 Å². The Morgan fingerprint density at radius 3 is 2.57 bits per heavy atom. The molecule has 0 radical (unpaired) electrons. The minimum Gasteiger partial charge on any atom is -0.384 e. The summed E-state index contributed by atoms with van der Waals surface area (Å²) in [7, 11) is 1.58. The highest BCUT2D eigenvalue weighted by molar-refractivity contribution is 5.52. The summed E-state index contributed by atoms with van der Waals surface area (Å²) >= 11 is 0. The minimum atomic E-state index is 0.0463. The molecule has 0 aliphatic carbocycles. The van der Waals surface area contributed by atoms with Gasteiger partial charge in [-0.3, -0.25) is 0 Å². The van der Waals surface area contributed by atoms with Crippen molar-refractivity contribution in [3.8, 4) is 0 Å². The van der Waals surface area contributed by atoms with Crippen molar-refractivity contribution in [1.82, 2.24) is 0 Å². The van der Waals surface area contributed by atoms with Gasteiger partial charge < -0.3 is 9.53 Å². The Bertz CT molecular complexity index is 52.0. The highest BCUT2D eigenvalue weighted by Crippen LogP contribution is 1.86. The summed E-state index contributed by atoms with van der Waals surface area (Å²) < 4.78 is 4.66. The van der Waals surface area contributed by atoms with Crippen LogP contribution in [0.3, 0.4) is 0 Å². The Morgan fingerprint density at radius 1 is 1.86 bits per heavy atom. The molecule has 0 saturated carbocycles. The van der Waals surface area contributed by atoms with Crippen molar-refractivity contribution < 1.29 is 9.53 Å². The van der Waals surface area contributed by atoms with Gasteiger partial charge in [-0.1, -0.05) is 6.92 Å². The molecule has 2 nitrogen and oxygen atoms in total. The van der Waals surface area contributed by atoms with Crippen LogP contribution in [0.2, 0.25) is 0 Å². The average molecular weight is 102 g/mol. The van der Waals surface area contributed by atoms with Gasteiger partial charge in [0, 0.05) is 13.0 Å². The number of rotatable bonds is 3. The topological polar surface area (TPSA) is 26.3 Å². The van der Waals surface area contributed by atoms with E-state index in [-0.39, 0.29) is 5.92 Å².